The van der Waals surface area contributed by atoms with Gasteiger partial charge in [-0.05, 0) is 12.8 Å². The van der Waals surface area contributed by atoms with E-state index in [4.69, 9.17) is 5.11 Å². The van der Waals surface area contributed by atoms with E-state index < -0.39 is 5.97 Å². The number of hydrogen-bond donors (Lipinski definition) is 1. The fourth-order valence-corrected chi connectivity index (χ4v) is 2.68. The predicted octanol–water partition coefficient (Wildman–Crippen LogP) is 0.958. The second-order valence-corrected chi connectivity index (χ2v) is 5.00. The van der Waals surface area contributed by atoms with Crippen LogP contribution in [0.3, 0.4) is 0 Å². The molecule has 0 radical (unpaired) electrons. The lowest BCUT2D eigenvalue weighted by atomic mass is 9.63. The monoisotopic (exact) mass is 221 g/mol. The summed E-state index contributed by atoms with van der Waals surface area (Å²) in [5, 5.41) is 12.7. The highest BCUT2D eigenvalue weighted by molar-refractivity contribution is 5.66. The normalized spacial score (nSPS) is 21.6. The topological polar surface area (TPSA) is 58.4 Å². The van der Waals surface area contributed by atoms with Gasteiger partial charge >= 0.3 is 5.97 Å². The van der Waals surface area contributed by atoms with Gasteiger partial charge in [-0.1, -0.05) is 6.42 Å². The first-order chi connectivity index (χ1) is 7.67. The van der Waals surface area contributed by atoms with Crippen LogP contribution in [0.5, 0.6) is 0 Å². The van der Waals surface area contributed by atoms with Crippen LogP contribution in [-0.4, -0.2) is 33.9 Å². The number of nitrogens with zero attached hydrogens (tertiary/aromatic N) is 3. The molecule has 0 aromatic carbocycles. The van der Waals surface area contributed by atoms with Gasteiger partial charge in [0.25, 0.3) is 0 Å². The van der Waals surface area contributed by atoms with Crippen LogP contribution in [0.15, 0.2) is 12.4 Å². The lowest BCUT2D eigenvalue weighted by Crippen LogP contribution is -2.59. The predicted molar refractivity (Wildman–Crippen MR) is 58.4 cm³/mol. The van der Waals surface area contributed by atoms with Crippen LogP contribution in [0.4, 0.5) is 5.69 Å². The van der Waals surface area contributed by atoms with Gasteiger partial charge in [0.1, 0.15) is 6.54 Å². The van der Waals surface area contributed by atoms with Crippen molar-refractivity contribution in [3.63, 3.8) is 0 Å². The van der Waals surface area contributed by atoms with Gasteiger partial charge in [-0.25, -0.2) is 0 Å². The molecule has 2 aliphatic rings. The Kier molecular flexibility index (Phi) is 1.96. The molecule has 86 valence electrons. The Labute approximate surface area is 93.7 Å². The van der Waals surface area contributed by atoms with Crippen molar-refractivity contribution in [2.75, 3.05) is 18.0 Å². The Morgan fingerprint density at radius 3 is 2.81 bits per heavy atom. The van der Waals surface area contributed by atoms with E-state index >= 15 is 0 Å². The first-order valence-electron chi connectivity index (χ1n) is 5.66. The molecule has 3 rings (SSSR count). The fourth-order valence-electron chi connectivity index (χ4n) is 2.68. The van der Waals surface area contributed by atoms with Crippen molar-refractivity contribution >= 4 is 11.7 Å². The van der Waals surface area contributed by atoms with E-state index in [1.54, 1.807) is 6.20 Å². The minimum atomic E-state index is -0.853. The van der Waals surface area contributed by atoms with Crippen LogP contribution >= 0.6 is 0 Å². The summed E-state index contributed by atoms with van der Waals surface area (Å²) in [4.78, 5) is 12.8. The standard InChI is InChI=1S/C11H15N3O2/c15-10(16)6-14-5-9(4-12-14)13-7-11(8-13)2-1-3-11/h4-5H,1-3,6-8H2,(H,15,16). The van der Waals surface area contributed by atoms with Gasteiger partial charge in [-0.3, -0.25) is 9.48 Å². The molecule has 1 saturated carbocycles. The Morgan fingerprint density at radius 2 is 2.25 bits per heavy atom. The van der Waals surface area contributed by atoms with Crippen LogP contribution in [0.25, 0.3) is 0 Å². The number of aliphatic carboxylic acids is 1. The highest BCUT2D eigenvalue weighted by Gasteiger charge is 2.47. The number of carbonyl (C=O) groups is 1. The molecule has 1 aromatic rings. The molecule has 0 bridgehead atoms. The molecule has 0 atom stereocenters. The van der Waals surface area contributed by atoms with E-state index in [2.05, 4.69) is 10.00 Å². The van der Waals surface area contributed by atoms with Gasteiger partial charge in [-0.15, -0.1) is 0 Å². The zero-order chi connectivity index (χ0) is 11.2. The Hall–Kier alpha value is -1.52. The van der Waals surface area contributed by atoms with E-state index in [-0.39, 0.29) is 6.54 Å². The first-order valence-corrected chi connectivity index (χ1v) is 5.66. The zero-order valence-electron chi connectivity index (χ0n) is 9.09. The van der Waals surface area contributed by atoms with Crippen molar-refractivity contribution in [1.82, 2.24) is 9.78 Å². The summed E-state index contributed by atoms with van der Waals surface area (Å²) in [7, 11) is 0. The molecule has 5 nitrogen and oxygen atoms in total. The summed E-state index contributed by atoms with van der Waals surface area (Å²) < 4.78 is 1.48. The lowest BCUT2D eigenvalue weighted by Gasteiger charge is -2.56. The van der Waals surface area contributed by atoms with Gasteiger partial charge in [0.15, 0.2) is 0 Å². The van der Waals surface area contributed by atoms with Gasteiger partial charge in [0.05, 0.1) is 11.9 Å². The summed E-state index contributed by atoms with van der Waals surface area (Å²) in [6.45, 7) is 2.18. The van der Waals surface area contributed by atoms with Crippen molar-refractivity contribution in [3.8, 4) is 0 Å². The zero-order valence-corrected chi connectivity index (χ0v) is 9.09. The van der Waals surface area contributed by atoms with Crippen LogP contribution in [0.2, 0.25) is 0 Å². The minimum absolute atomic E-state index is 0.0566. The molecule has 1 saturated heterocycles. The molecule has 5 heteroatoms. The molecule has 2 fully saturated rings. The number of anilines is 1. The van der Waals surface area contributed by atoms with Crippen molar-refractivity contribution in [2.45, 2.75) is 25.8 Å². The van der Waals surface area contributed by atoms with E-state index in [9.17, 15) is 4.79 Å². The number of hydrogen-bond acceptors (Lipinski definition) is 3. The van der Waals surface area contributed by atoms with Gasteiger partial charge in [0, 0.05) is 24.7 Å². The molecule has 1 N–H and O–H groups in total. The van der Waals surface area contributed by atoms with Crippen LogP contribution in [-0.2, 0) is 11.3 Å². The second kappa shape index (κ2) is 3.23. The van der Waals surface area contributed by atoms with Crippen LogP contribution in [0, 0.1) is 5.41 Å². The van der Waals surface area contributed by atoms with Gasteiger partial charge in [-0.2, -0.15) is 5.10 Å². The second-order valence-electron chi connectivity index (χ2n) is 5.00. The molecule has 0 amide bonds. The van der Waals surface area contributed by atoms with E-state index in [0.717, 1.165) is 18.8 Å². The summed E-state index contributed by atoms with van der Waals surface area (Å²) >= 11 is 0. The molecule has 1 aliphatic carbocycles. The summed E-state index contributed by atoms with van der Waals surface area (Å²) in [6, 6.07) is 0. The number of carboxylic acid groups (broad SMARTS) is 1. The largest absolute Gasteiger partial charge is 0.480 e. The minimum Gasteiger partial charge on any atom is -0.480 e. The van der Waals surface area contributed by atoms with Crippen LogP contribution < -0.4 is 4.90 Å². The molecule has 2 heterocycles. The van der Waals surface area contributed by atoms with E-state index in [1.165, 1.54) is 23.9 Å². The summed E-state index contributed by atoms with van der Waals surface area (Å²) in [5.41, 5.74) is 1.65. The average Bonchev–Trinajstić information content (AvgIpc) is 2.46. The Morgan fingerprint density at radius 1 is 1.50 bits per heavy atom. The van der Waals surface area contributed by atoms with Gasteiger partial charge < -0.3 is 10.0 Å². The maximum atomic E-state index is 10.5. The van der Waals surface area contributed by atoms with Crippen LogP contribution in [0.1, 0.15) is 19.3 Å². The molecular weight excluding hydrogens is 206 g/mol. The van der Waals surface area contributed by atoms with E-state index in [0.29, 0.717) is 5.41 Å². The van der Waals surface area contributed by atoms with Crippen molar-refractivity contribution in [2.24, 2.45) is 5.41 Å². The third-order valence-electron chi connectivity index (χ3n) is 3.75. The molecule has 1 aliphatic heterocycles. The third kappa shape index (κ3) is 1.47. The highest BCUT2D eigenvalue weighted by Crippen LogP contribution is 2.49. The maximum Gasteiger partial charge on any atom is 0.325 e. The smallest absolute Gasteiger partial charge is 0.325 e. The number of carboxylic acids is 1. The quantitative estimate of drug-likeness (QED) is 0.825. The number of rotatable bonds is 3. The molecular formula is C11H15N3O2. The number of aromatic nitrogens is 2. The van der Waals surface area contributed by atoms with Crippen molar-refractivity contribution in [3.05, 3.63) is 12.4 Å². The highest BCUT2D eigenvalue weighted by atomic mass is 16.4. The molecule has 0 unspecified atom stereocenters. The molecule has 1 aromatic heterocycles. The first kappa shape index (κ1) is 9.69. The lowest BCUT2D eigenvalue weighted by molar-refractivity contribution is -0.137. The molecule has 1 spiro atoms. The van der Waals surface area contributed by atoms with E-state index in [1.807, 2.05) is 6.20 Å². The average molecular weight is 221 g/mol. The Balaban J connectivity index is 1.63. The molecule has 16 heavy (non-hydrogen) atoms. The SMILES string of the molecule is O=C(O)Cn1cc(N2CC3(CCC3)C2)cn1. The van der Waals surface area contributed by atoms with Crippen molar-refractivity contribution < 1.29 is 9.90 Å². The Bertz CT molecular complexity index is 415. The summed E-state index contributed by atoms with van der Waals surface area (Å²) in [5.74, 6) is -0.853. The third-order valence-corrected chi connectivity index (χ3v) is 3.75. The van der Waals surface area contributed by atoms with Crippen molar-refractivity contribution in [1.29, 1.82) is 0 Å². The van der Waals surface area contributed by atoms with Gasteiger partial charge in [0.2, 0.25) is 0 Å². The summed E-state index contributed by atoms with van der Waals surface area (Å²) in [6.07, 6.45) is 7.65. The maximum absolute atomic E-state index is 10.5. The fraction of sp³-hybridized carbons (Fsp3) is 0.636.